The summed E-state index contributed by atoms with van der Waals surface area (Å²) >= 11 is 0. The number of nitrogens with one attached hydrogen (secondary N) is 1. The van der Waals surface area contributed by atoms with E-state index < -0.39 is 34.1 Å². The monoisotopic (exact) mass is 629 g/mol. The van der Waals surface area contributed by atoms with Crippen LogP contribution in [0.5, 0.6) is 5.75 Å². The number of carboxylic acids is 1. The molecule has 1 saturated heterocycles. The maximum Gasteiger partial charge on any atom is 0.320 e. The van der Waals surface area contributed by atoms with E-state index in [9.17, 15) is 13.2 Å². The quantitative estimate of drug-likeness (QED) is 0.265. The summed E-state index contributed by atoms with van der Waals surface area (Å²) in [5.74, 6) is -2.02. The molecule has 0 unspecified atom stereocenters. The second kappa shape index (κ2) is 15.0. The highest BCUT2D eigenvalue weighted by Gasteiger charge is 2.28. The molecule has 224 valence electrons. The van der Waals surface area contributed by atoms with Gasteiger partial charge in [-0.3, -0.25) is 19.5 Å². The molecule has 0 spiro atoms. The maximum absolute atomic E-state index is 15.0. The first-order valence-corrected chi connectivity index (χ1v) is 14.3. The molecule has 0 saturated carbocycles. The van der Waals surface area contributed by atoms with Gasteiger partial charge in [0.1, 0.15) is 23.5 Å². The molecule has 0 atom stereocenters. The number of rotatable bonds is 10. The lowest BCUT2D eigenvalue weighted by molar-refractivity contribution is -0.134. The van der Waals surface area contributed by atoms with Crippen molar-refractivity contribution in [1.29, 1.82) is 5.41 Å². The van der Waals surface area contributed by atoms with E-state index in [4.69, 9.17) is 21.0 Å². The number of nitrogens with zero attached hydrogens (tertiary/aromatic N) is 3. The van der Waals surface area contributed by atoms with Gasteiger partial charge in [0, 0.05) is 44.5 Å². The van der Waals surface area contributed by atoms with Crippen molar-refractivity contribution in [1.82, 2.24) is 4.90 Å². The molecule has 0 radical (unpaired) electrons. The summed E-state index contributed by atoms with van der Waals surface area (Å²) in [6, 6.07) is 12.4. The van der Waals surface area contributed by atoms with Crippen LogP contribution in [0.15, 0.2) is 59.4 Å². The van der Waals surface area contributed by atoms with Gasteiger partial charge in [-0.05, 0) is 48.4 Å². The SMILES string of the molecule is Cl.Cl.N=C(N)c1cccc(/C=C(\F)CN(c2ccc(OC3CCN(C4=NCCC4)CC3)cc2)S(=O)(=O)CC(=O)O)c1. The van der Waals surface area contributed by atoms with Crippen molar-refractivity contribution in [3.05, 3.63) is 65.5 Å². The Balaban J connectivity index is 0.00000294. The normalized spacial score (nSPS) is 15.8. The van der Waals surface area contributed by atoms with Crippen LogP contribution in [0.25, 0.3) is 6.08 Å². The predicted molar refractivity (Wildman–Crippen MR) is 163 cm³/mol. The Kier molecular flexibility index (Phi) is 12.4. The Morgan fingerprint density at radius 1 is 1.20 bits per heavy atom. The smallest absolute Gasteiger partial charge is 0.320 e. The zero-order valence-electron chi connectivity index (χ0n) is 22.2. The van der Waals surface area contributed by atoms with Crippen molar-refractivity contribution in [2.75, 3.05) is 36.2 Å². The maximum atomic E-state index is 15.0. The van der Waals surface area contributed by atoms with E-state index in [2.05, 4.69) is 9.89 Å². The van der Waals surface area contributed by atoms with Crippen LogP contribution in [-0.2, 0) is 14.8 Å². The van der Waals surface area contributed by atoms with Crippen LogP contribution in [-0.4, -0.2) is 74.1 Å². The first-order valence-electron chi connectivity index (χ1n) is 12.7. The molecule has 0 aromatic heterocycles. The number of amidine groups is 2. The molecule has 1 fully saturated rings. The molecule has 0 aliphatic carbocycles. The Hall–Kier alpha value is -3.35. The van der Waals surface area contributed by atoms with Crippen molar-refractivity contribution < 1.29 is 27.4 Å². The summed E-state index contributed by atoms with van der Waals surface area (Å²) in [5, 5.41) is 16.7. The molecule has 0 amide bonds. The molecule has 0 bridgehead atoms. The first-order chi connectivity index (χ1) is 18.6. The van der Waals surface area contributed by atoms with E-state index in [0.717, 1.165) is 55.7 Å². The molecule has 4 rings (SSSR count). The van der Waals surface area contributed by atoms with E-state index in [1.54, 1.807) is 30.3 Å². The molecule has 4 N–H and O–H groups in total. The van der Waals surface area contributed by atoms with E-state index >= 15 is 4.39 Å². The molecular formula is C27H34Cl2FN5O5S. The number of benzene rings is 2. The summed E-state index contributed by atoms with van der Waals surface area (Å²) in [5.41, 5.74) is 6.36. The molecule has 2 heterocycles. The average Bonchev–Trinajstić information content (AvgIpc) is 3.43. The van der Waals surface area contributed by atoms with Crippen LogP contribution in [0.4, 0.5) is 10.1 Å². The highest BCUT2D eigenvalue weighted by molar-refractivity contribution is 7.93. The number of hydrogen-bond acceptors (Lipinski definition) is 7. The number of hydrogen-bond donors (Lipinski definition) is 3. The van der Waals surface area contributed by atoms with Crippen LogP contribution in [0.2, 0.25) is 0 Å². The Morgan fingerprint density at radius 3 is 2.46 bits per heavy atom. The van der Waals surface area contributed by atoms with Gasteiger partial charge in [0.15, 0.2) is 5.75 Å². The molecule has 2 aromatic rings. The zero-order chi connectivity index (χ0) is 28.0. The lowest BCUT2D eigenvalue weighted by Gasteiger charge is -2.33. The van der Waals surface area contributed by atoms with Gasteiger partial charge in [0.2, 0.25) is 10.0 Å². The van der Waals surface area contributed by atoms with Gasteiger partial charge >= 0.3 is 5.97 Å². The van der Waals surface area contributed by atoms with Gasteiger partial charge in [0.05, 0.1) is 18.1 Å². The van der Waals surface area contributed by atoms with Crippen molar-refractivity contribution in [3.63, 3.8) is 0 Å². The van der Waals surface area contributed by atoms with E-state index in [0.29, 0.717) is 16.9 Å². The number of carboxylic acid groups (broad SMARTS) is 1. The second-order valence-corrected chi connectivity index (χ2v) is 11.4. The third-order valence-corrected chi connectivity index (χ3v) is 8.17. The number of aliphatic imine (C=N–C) groups is 1. The number of likely N-dealkylation sites (tertiary alicyclic amines) is 1. The highest BCUT2D eigenvalue weighted by atomic mass is 35.5. The van der Waals surface area contributed by atoms with Gasteiger partial charge in [-0.1, -0.05) is 18.2 Å². The number of halogens is 3. The molecule has 2 aliphatic rings. The number of ether oxygens (including phenoxy) is 1. The number of anilines is 1. The van der Waals surface area contributed by atoms with Crippen molar-refractivity contribution in [2.45, 2.75) is 31.8 Å². The lowest BCUT2D eigenvalue weighted by Crippen LogP contribution is -2.41. The summed E-state index contributed by atoms with van der Waals surface area (Å²) < 4.78 is 47.6. The van der Waals surface area contributed by atoms with Crippen LogP contribution in [0.1, 0.15) is 36.8 Å². The van der Waals surface area contributed by atoms with Gasteiger partial charge in [-0.2, -0.15) is 0 Å². The van der Waals surface area contributed by atoms with Crippen molar-refractivity contribution in [3.8, 4) is 5.75 Å². The highest BCUT2D eigenvalue weighted by Crippen LogP contribution is 2.27. The largest absolute Gasteiger partial charge is 0.490 e. The Bertz CT molecular complexity index is 1380. The van der Waals surface area contributed by atoms with E-state index in [1.165, 1.54) is 24.0 Å². The number of nitrogen functional groups attached to an aromatic ring is 1. The molecular weight excluding hydrogens is 596 g/mol. The van der Waals surface area contributed by atoms with Gasteiger partial charge in [0.25, 0.3) is 0 Å². The summed E-state index contributed by atoms with van der Waals surface area (Å²) in [6.07, 6.45) is 4.92. The minimum Gasteiger partial charge on any atom is -0.490 e. The molecule has 10 nitrogen and oxygen atoms in total. The average molecular weight is 631 g/mol. The lowest BCUT2D eigenvalue weighted by atomic mass is 10.1. The van der Waals surface area contributed by atoms with Gasteiger partial charge < -0.3 is 20.5 Å². The molecule has 41 heavy (non-hydrogen) atoms. The van der Waals surface area contributed by atoms with Crippen LogP contribution >= 0.6 is 24.8 Å². The van der Waals surface area contributed by atoms with Crippen LogP contribution < -0.4 is 14.8 Å². The molecule has 14 heteroatoms. The molecule has 2 aliphatic heterocycles. The fourth-order valence-corrected chi connectivity index (χ4v) is 5.87. The Morgan fingerprint density at radius 2 is 1.88 bits per heavy atom. The number of aliphatic carboxylic acids is 1. The minimum atomic E-state index is -4.40. The van der Waals surface area contributed by atoms with E-state index in [-0.39, 0.29) is 42.4 Å². The second-order valence-electron chi connectivity index (χ2n) is 9.49. The Labute approximate surface area is 251 Å². The fraction of sp³-hybridized carbons (Fsp3) is 0.370. The number of carbonyl (C=O) groups is 1. The van der Waals surface area contributed by atoms with Gasteiger partial charge in [-0.15, -0.1) is 24.8 Å². The predicted octanol–water partition coefficient (Wildman–Crippen LogP) is 4.08. The molecule has 2 aromatic carbocycles. The third kappa shape index (κ3) is 9.34. The number of piperidine rings is 1. The zero-order valence-corrected chi connectivity index (χ0v) is 24.7. The first kappa shape index (κ1) is 33.9. The third-order valence-electron chi connectivity index (χ3n) is 6.54. The summed E-state index contributed by atoms with van der Waals surface area (Å²) in [4.78, 5) is 18.1. The van der Waals surface area contributed by atoms with Crippen molar-refractivity contribution >= 4 is 64.2 Å². The topological polar surface area (TPSA) is 149 Å². The van der Waals surface area contributed by atoms with Crippen LogP contribution in [0.3, 0.4) is 0 Å². The van der Waals surface area contributed by atoms with Gasteiger partial charge in [-0.25, -0.2) is 12.8 Å². The summed E-state index contributed by atoms with van der Waals surface area (Å²) in [6.45, 7) is 1.92. The number of sulfonamides is 1. The van der Waals surface area contributed by atoms with E-state index in [1.807, 2.05) is 0 Å². The number of nitrogens with two attached hydrogens (primary N) is 1. The van der Waals surface area contributed by atoms with Crippen molar-refractivity contribution in [2.24, 2.45) is 10.7 Å². The standard InChI is InChI=1S/C27H32FN5O5S.2ClH/c28-21(16-19-3-1-4-20(15-19)27(29)30)17-33(39(36,37)18-26(34)35)22-6-8-23(9-7-22)38-24-10-13-32(14-11-24)25-5-2-12-31-25;;/h1,3-4,6-9,15-16,24H,2,5,10-14,17-18H2,(H3,29,30)(H,34,35);2*1H/b21-16-;;. The summed E-state index contributed by atoms with van der Waals surface area (Å²) in [7, 11) is -4.40. The van der Waals surface area contributed by atoms with Crippen LogP contribution in [0, 0.1) is 5.41 Å². The minimum absolute atomic E-state index is 0. The fourth-order valence-electron chi connectivity index (χ4n) is 4.64.